The number of anilines is 2. The summed E-state index contributed by atoms with van der Waals surface area (Å²) in [7, 11) is 1.50. The van der Waals surface area contributed by atoms with Crippen molar-refractivity contribution in [1.82, 2.24) is 4.98 Å². The van der Waals surface area contributed by atoms with Gasteiger partial charge in [0.1, 0.15) is 17.0 Å². The maximum absolute atomic E-state index is 15.5. The number of hydrogen-bond acceptors (Lipinski definition) is 7. The van der Waals surface area contributed by atoms with Crippen molar-refractivity contribution in [2.75, 3.05) is 25.2 Å². The number of halogens is 3. The van der Waals surface area contributed by atoms with Gasteiger partial charge in [0.05, 0.1) is 24.9 Å². The Morgan fingerprint density at radius 3 is 2.29 bits per heavy atom. The molecule has 0 bridgehead atoms. The van der Waals surface area contributed by atoms with Gasteiger partial charge in [-0.05, 0) is 74.3 Å². The van der Waals surface area contributed by atoms with Crippen LogP contribution >= 0.6 is 12.4 Å². The van der Waals surface area contributed by atoms with Crippen LogP contribution in [0.3, 0.4) is 0 Å². The molecule has 0 atom stereocenters. The van der Waals surface area contributed by atoms with E-state index in [9.17, 15) is 14.0 Å². The Morgan fingerprint density at radius 2 is 1.67 bits per heavy atom. The second kappa shape index (κ2) is 12.6. The van der Waals surface area contributed by atoms with Crippen molar-refractivity contribution < 1.29 is 32.6 Å². The molecule has 1 saturated carbocycles. The normalized spacial score (nSPS) is 13.1. The number of primary amides is 1. The number of carbonyl (C=O) groups is 2. The van der Waals surface area contributed by atoms with Crippen molar-refractivity contribution >= 4 is 46.5 Å². The smallest absolute Gasteiger partial charge is 0.247 e. The summed E-state index contributed by atoms with van der Waals surface area (Å²) in [6.45, 7) is 0.891. The first-order valence-electron chi connectivity index (χ1n) is 12.9. The van der Waals surface area contributed by atoms with Crippen LogP contribution in [0.5, 0.6) is 23.0 Å². The molecule has 0 aliphatic heterocycles. The molecule has 5 rings (SSSR count). The molecule has 12 heteroatoms. The number of rotatable bonds is 11. The fraction of sp³-hybridized carbons (Fsp3) is 0.233. The molecule has 1 aromatic heterocycles. The maximum Gasteiger partial charge on any atom is 0.247 e. The van der Waals surface area contributed by atoms with Crippen LogP contribution < -0.4 is 30.6 Å². The first-order chi connectivity index (χ1) is 19.8. The third kappa shape index (κ3) is 5.93. The first-order valence-corrected chi connectivity index (χ1v) is 12.9. The molecular formula is C30H29ClF2N4O5. The summed E-state index contributed by atoms with van der Waals surface area (Å²) in [5.74, 6) is -1.53. The van der Waals surface area contributed by atoms with Crippen LogP contribution in [-0.2, 0) is 9.59 Å². The number of benzene rings is 3. The van der Waals surface area contributed by atoms with E-state index in [4.69, 9.17) is 25.7 Å². The largest absolute Gasteiger partial charge is 0.493 e. The molecule has 0 spiro atoms. The molecule has 0 unspecified atom stereocenters. The summed E-state index contributed by atoms with van der Waals surface area (Å²) in [6.07, 6.45) is 2.75. The van der Waals surface area contributed by atoms with Gasteiger partial charge in [-0.2, -0.15) is 0 Å². The first kappa shape index (κ1) is 30.5. The Kier molecular flexibility index (Phi) is 9.13. The Balaban J connectivity index is 0.00000405. The van der Waals surface area contributed by atoms with Gasteiger partial charge in [-0.1, -0.05) is 0 Å². The molecule has 3 aromatic carbocycles. The highest BCUT2D eigenvalue weighted by Gasteiger charge is 2.57. The highest BCUT2D eigenvalue weighted by molar-refractivity contribution is 6.16. The molecule has 1 aliphatic rings. The Morgan fingerprint density at radius 1 is 0.952 bits per heavy atom. The molecule has 9 nitrogen and oxygen atoms in total. The van der Waals surface area contributed by atoms with E-state index in [0.717, 1.165) is 6.07 Å². The highest BCUT2D eigenvalue weighted by atomic mass is 35.5. The molecular weight excluding hydrogens is 570 g/mol. The topological polar surface area (TPSA) is 130 Å². The average molecular weight is 599 g/mol. The van der Waals surface area contributed by atoms with Crippen molar-refractivity contribution in [1.29, 1.82) is 0 Å². The third-order valence-electron chi connectivity index (χ3n) is 6.91. The van der Waals surface area contributed by atoms with Crippen LogP contribution in [0.25, 0.3) is 10.9 Å². The number of nitrogens with zero attached hydrogens (tertiary/aromatic N) is 2. The third-order valence-corrected chi connectivity index (χ3v) is 6.91. The summed E-state index contributed by atoms with van der Waals surface area (Å²) in [4.78, 5) is 31.1. The SMILES string of the molecule is COc1cc2c(Oc3ccc(N(C(=O)C4(C(N)=O)CC4)c4ccc(F)cc4)cc3F)ccnc2cc1OCCCN.Cl. The van der Waals surface area contributed by atoms with E-state index in [1.807, 2.05) is 0 Å². The molecule has 1 aliphatic carbocycles. The molecule has 1 heterocycles. The summed E-state index contributed by atoms with van der Waals surface area (Å²) in [6, 6.07) is 14.0. The molecule has 0 radical (unpaired) electrons. The van der Waals surface area contributed by atoms with E-state index in [1.165, 1.54) is 54.6 Å². The Bertz CT molecular complexity index is 1620. The van der Waals surface area contributed by atoms with Gasteiger partial charge in [-0.3, -0.25) is 19.5 Å². The van der Waals surface area contributed by atoms with Gasteiger partial charge in [0.15, 0.2) is 23.1 Å². The number of aromatic nitrogens is 1. The summed E-state index contributed by atoms with van der Waals surface area (Å²) in [5.41, 5.74) is 10.6. The van der Waals surface area contributed by atoms with Crippen molar-refractivity contribution in [3.8, 4) is 23.0 Å². The number of methoxy groups -OCH3 is 1. The zero-order valence-corrected chi connectivity index (χ0v) is 23.5. The van der Waals surface area contributed by atoms with Gasteiger partial charge in [-0.15, -0.1) is 12.4 Å². The van der Waals surface area contributed by atoms with Gasteiger partial charge < -0.3 is 25.7 Å². The van der Waals surface area contributed by atoms with Gasteiger partial charge in [0.2, 0.25) is 11.8 Å². The lowest BCUT2D eigenvalue weighted by atomic mass is 10.0. The Hall–Kier alpha value is -4.48. The zero-order valence-electron chi connectivity index (χ0n) is 22.6. The van der Waals surface area contributed by atoms with Gasteiger partial charge in [-0.25, -0.2) is 8.78 Å². The number of carbonyl (C=O) groups excluding carboxylic acids is 2. The van der Waals surface area contributed by atoms with Gasteiger partial charge in [0, 0.05) is 29.4 Å². The lowest BCUT2D eigenvalue weighted by Gasteiger charge is -2.26. The minimum atomic E-state index is -1.39. The quantitative estimate of drug-likeness (QED) is 0.175. The number of amides is 2. The second-order valence-corrected chi connectivity index (χ2v) is 9.60. The average Bonchev–Trinajstić information content (AvgIpc) is 3.78. The van der Waals surface area contributed by atoms with E-state index in [2.05, 4.69) is 4.98 Å². The van der Waals surface area contributed by atoms with Crippen LogP contribution in [0.4, 0.5) is 20.2 Å². The molecule has 2 amide bonds. The fourth-order valence-electron chi connectivity index (χ4n) is 4.46. The zero-order chi connectivity index (χ0) is 29.1. The number of ether oxygens (including phenoxy) is 3. The summed E-state index contributed by atoms with van der Waals surface area (Å²) < 4.78 is 46.3. The second-order valence-electron chi connectivity index (χ2n) is 9.60. The summed E-state index contributed by atoms with van der Waals surface area (Å²) in [5, 5.41) is 0.555. The van der Waals surface area contributed by atoms with E-state index in [1.54, 1.807) is 18.2 Å². The lowest BCUT2D eigenvalue weighted by Crippen LogP contribution is -2.41. The van der Waals surface area contributed by atoms with Crippen molar-refractivity contribution in [2.45, 2.75) is 19.3 Å². The minimum absolute atomic E-state index is 0. The predicted octanol–water partition coefficient (Wildman–Crippen LogP) is 5.39. The molecule has 1 fully saturated rings. The lowest BCUT2D eigenvalue weighted by molar-refractivity contribution is -0.133. The van der Waals surface area contributed by atoms with E-state index < -0.39 is 28.9 Å². The van der Waals surface area contributed by atoms with Crippen LogP contribution in [0.1, 0.15) is 19.3 Å². The van der Waals surface area contributed by atoms with Crippen LogP contribution in [0, 0.1) is 17.0 Å². The standard InChI is InChI=1S/C30H28F2N4O5.ClH/c1-39-26-16-21-23(17-27(26)40-14-2-12-33)35-13-9-24(21)41-25-8-7-20(15-22(25)32)36(19-5-3-18(31)4-6-19)29(38)30(10-11-30)28(34)37;/h3-9,13,15-17H,2,10-12,14,33H2,1H3,(H2,34,37);1H. The fourth-order valence-corrected chi connectivity index (χ4v) is 4.46. The molecule has 4 N–H and O–H groups in total. The number of nitrogens with two attached hydrogens (primary N) is 2. The van der Waals surface area contributed by atoms with E-state index in [0.29, 0.717) is 47.7 Å². The van der Waals surface area contributed by atoms with Gasteiger partial charge in [0.25, 0.3) is 0 Å². The van der Waals surface area contributed by atoms with Crippen LogP contribution in [0.2, 0.25) is 0 Å². The number of fused-ring (bicyclic) bond motifs is 1. The maximum atomic E-state index is 15.5. The van der Waals surface area contributed by atoms with Crippen LogP contribution in [-0.4, -0.2) is 37.1 Å². The molecule has 220 valence electrons. The monoisotopic (exact) mass is 598 g/mol. The summed E-state index contributed by atoms with van der Waals surface area (Å²) >= 11 is 0. The van der Waals surface area contributed by atoms with Crippen molar-refractivity contribution in [3.05, 3.63) is 78.5 Å². The molecule has 0 saturated heterocycles. The van der Waals surface area contributed by atoms with Crippen LogP contribution in [0.15, 0.2) is 66.9 Å². The number of hydrogen-bond donors (Lipinski definition) is 2. The van der Waals surface area contributed by atoms with E-state index >= 15 is 4.39 Å². The van der Waals surface area contributed by atoms with E-state index in [-0.39, 0.29) is 42.4 Å². The number of pyridine rings is 1. The molecule has 42 heavy (non-hydrogen) atoms. The predicted molar refractivity (Wildman–Crippen MR) is 156 cm³/mol. The van der Waals surface area contributed by atoms with Crippen molar-refractivity contribution in [3.63, 3.8) is 0 Å². The molecule has 4 aromatic rings. The minimum Gasteiger partial charge on any atom is -0.493 e. The van der Waals surface area contributed by atoms with Gasteiger partial charge >= 0.3 is 0 Å². The Labute approximate surface area is 246 Å². The van der Waals surface area contributed by atoms with Crippen molar-refractivity contribution in [2.24, 2.45) is 16.9 Å². The highest BCUT2D eigenvalue weighted by Crippen LogP contribution is 2.49.